The van der Waals surface area contributed by atoms with Gasteiger partial charge < -0.3 is 16.2 Å². The van der Waals surface area contributed by atoms with Gasteiger partial charge in [0.25, 0.3) is 5.91 Å². The lowest BCUT2D eigenvalue weighted by atomic mass is 9.87. The molecule has 1 heterocycles. The topological polar surface area (TPSA) is 104 Å². The van der Waals surface area contributed by atoms with E-state index in [1.54, 1.807) is 0 Å². The summed E-state index contributed by atoms with van der Waals surface area (Å²) in [5, 5.41) is 18.6. The number of aromatic nitrogens is 2. The van der Waals surface area contributed by atoms with E-state index in [4.69, 9.17) is 5.73 Å². The number of carbonyl (C=O) groups is 1. The first-order valence-corrected chi connectivity index (χ1v) is 5.92. The molecule has 0 radical (unpaired) electrons. The van der Waals surface area contributed by atoms with Gasteiger partial charge in [-0.25, -0.2) is 0 Å². The Morgan fingerprint density at radius 2 is 2.47 bits per heavy atom. The van der Waals surface area contributed by atoms with E-state index in [0.29, 0.717) is 23.8 Å². The van der Waals surface area contributed by atoms with Gasteiger partial charge in [0, 0.05) is 6.54 Å². The second kappa shape index (κ2) is 5.18. The second-order valence-corrected chi connectivity index (χ2v) is 4.60. The molecule has 17 heavy (non-hydrogen) atoms. The van der Waals surface area contributed by atoms with Crippen molar-refractivity contribution in [3.8, 4) is 0 Å². The molecule has 5 N–H and O–H groups in total. The average Bonchev–Trinajstić information content (AvgIpc) is 2.72. The molecule has 1 saturated carbocycles. The molecule has 6 nitrogen and oxygen atoms in total. The Labute approximate surface area is 99.6 Å². The van der Waals surface area contributed by atoms with Gasteiger partial charge in [-0.15, -0.1) is 0 Å². The zero-order chi connectivity index (χ0) is 12.3. The smallest absolute Gasteiger partial charge is 0.271 e. The zero-order valence-corrected chi connectivity index (χ0v) is 9.65. The minimum absolute atomic E-state index is 0.220. The molecule has 1 fully saturated rings. The lowest BCUT2D eigenvalue weighted by molar-refractivity contribution is 0.0871. The van der Waals surface area contributed by atoms with Crippen LogP contribution in [0.3, 0.4) is 0 Å². The van der Waals surface area contributed by atoms with Crippen LogP contribution in [0, 0.1) is 5.92 Å². The van der Waals surface area contributed by atoms with Crippen molar-refractivity contribution in [3.05, 3.63) is 11.9 Å². The Morgan fingerprint density at radius 1 is 1.65 bits per heavy atom. The van der Waals surface area contributed by atoms with Crippen molar-refractivity contribution in [2.45, 2.75) is 31.8 Å². The van der Waals surface area contributed by atoms with E-state index in [-0.39, 0.29) is 12.0 Å². The van der Waals surface area contributed by atoms with E-state index in [2.05, 4.69) is 15.5 Å². The molecule has 2 unspecified atom stereocenters. The quantitative estimate of drug-likeness (QED) is 0.606. The number of rotatable bonds is 3. The van der Waals surface area contributed by atoms with Gasteiger partial charge in [-0.2, -0.15) is 5.10 Å². The maximum Gasteiger partial charge on any atom is 0.271 e. The number of aliphatic hydroxyl groups excluding tert-OH is 1. The number of nitrogens with one attached hydrogen (secondary N) is 2. The van der Waals surface area contributed by atoms with Crippen LogP contribution >= 0.6 is 0 Å². The number of aromatic amines is 1. The molecule has 0 aliphatic heterocycles. The molecule has 6 heteroatoms. The third kappa shape index (κ3) is 2.97. The van der Waals surface area contributed by atoms with E-state index in [1.807, 2.05) is 0 Å². The lowest BCUT2D eigenvalue weighted by Gasteiger charge is -2.25. The van der Waals surface area contributed by atoms with Crippen molar-refractivity contribution in [3.63, 3.8) is 0 Å². The first-order valence-electron chi connectivity index (χ1n) is 5.92. The van der Waals surface area contributed by atoms with Crippen molar-refractivity contribution in [1.29, 1.82) is 0 Å². The van der Waals surface area contributed by atoms with Gasteiger partial charge >= 0.3 is 0 Å². The molecule has 2 atom stereocenters. The molecule has 0 saturated heterocycles. The summed E-state index contributed by atoms with van der Waals surface area (Å²) in [6.07, 6.45) is 4.91. The molecular weight excluding hydrogens is 220 g/mol. The molecule has 1 aromatic heterocycles. The summed E-state index contributed by atoms with van der Waals surface area (Å²) in [6.45, 7) is 0.578. The first-order chi connectivity index (χ1) is 8.16. The number of H-pyrrole nitrogens is 1. The highest BCUT2D eigenvalue weighted by atomic mass is 16.3. The van der Waals surface area contributed by atoms with Crippen LogP contribution in [0.5, 0.6) is 0 Å². The summed E-state index contributed by atoms with van der Waals surface area (Å²) in [5.74, 6) is 0.118. The molecule has 1 aliphatic carbocycles. The fraction of sp³-hybridized carbons (Fsp3) is 0.636. The molecule has 1 amide bonds. The van der Waals surface area contributed by atoms with Gasteiger partial charge in [0.1, 0.15) is 5.69 Å². The molecular formula is C11H18N4O2. The van der Waals surface area contributed by atoms with Crippen LogP contribution in [0.1, 0.15) is 36.2 Å². The van der Waals surface area contributed by atoms with Gasteiger partial charge in [-0.1, -0.05) is 6.42 Å². The summed E-state index contributed by atoms with van der Waals surface area (Å²) in [4.78, 5) is 11.7. The van der Waals surface area contributed by atoms with Crippen LogP contribution in [0.2, 0.25) is 0 Å². The molecule has 1 aliphatic rings. The van der Waals surface area contributed by atoms with E-state index in [0.717, 1.165) is 25.7 Å². The minimum Gasteiger partial charge on any atom is -0.396 e. The Balaban J connectivity index is 1.82. The summed E-state index contributed by atoms with van der Waals surface area (Å²) < 4.78 is 0. The van der Waals surface area contributed by atoms with Crippen molar-refractivity contribution in [2.75, 3.05) is 12.3 Å². The monoisotopic (exact) mass is 238 g/mol. The van der Waals surface area contributed by atoms with E-state index < -0.39 is 0 Å². The minimum atomic E-state index is -0.236. The van der Waals surface area contributed by atoms with E-state index in [1.165, 1.54) is 6.20 Å². The fourth-order valence-electron chi connectivity index (χ4n) is 2.25. The number of nitrogens with zero attached hydrogens (tertiary/aromatic N) is 1. The van der Waals surface area contributed by atoms with Crippen LogP contribution in [0.15, 0.2) is 6.20 Å². The highest BCUT2D eigenvalue weighted by Gasteiger charge is 2.21. The Bertz CT molecular complexity index is 391. The first kappa shape index (κ1) is 11.9. The number of anilines is 1. The largest absolute Gasteiger partial charge is 0.396 e. The summed E-state index contributed by atoms with van der Waals surface area (Å²) in [6, 6.07) is 0. The fourth-order valence-corrected chi connectivity index (χ4v) is 2.25. The number of aliphatic hydroxyl groups is 1. The summed E-state index contributed by atoms with van der Waals surface area (Å²) in [7, 11) is 0. The molecule has 1 aromatic rings. The third-order valence-corrected chi connectivity index (χ3v) is 3.20. The standard InChI is InChI=1S/C11H18N4O2/c12-9-6-14-15-10(9)11(17)13-5-7-2-1-3-8(16)4-7/h6-8,16H,1-5,12H2,(H,13,17)(H,14,15). The highest BCUT2D eigenvalue weighted by molar-refractivity contribution is 5.96. The van der Waals surface area contributed by atoms with Crippen molar-refractivity contribution in [1.82, 2.24) is 15.5 Å². The van der Waals surface area contributed by atoms with E-state index >= 15 is 0 Å². The van der Waals surface area contributed by atoms with Crippen LogP contribution in [-0.2, 0) is 0 Å². The Morgan fingerprint density at radius 3 is 3.12 bits per heavy atom. The van der Waals surface area contributed by atoms with E-state index in [9.17, 15) is 9.90 Å². The predicted molar refractivity (Wildman–Crippen MR) is 63.3 cm³/mol. The van der Waals surface area contributed by atoms with Crippen LogP contribution in [0.4, 0.5) is 5.69 Å². The van der Waals surface area contributed by atoms with Gasteiger partial charge in [-0.3, -0.25) is 9.89 Å². The number of hydrogen-bond acceptors (Lipinski definition) is 4. The van der Waals surface area contributed by atoms with Crippen molar-refractivity contribution >= 4 is 11.6 Å². The van der Waals surface area contributed by atoms with Gasteiger partial charge in [0.05, 0.1) is 18.0 Å². The number of carbonyl (C=O) groups excluding carboxylic acids is 1. The van der Waals surface area contributed by atoms with Gasteiger partial charge in [-0.05, 0) is 25.2 Å². The average molecular weight is 238 g/mol. The summed E-state index contributed by atoms with van der Waals surface area (Å²) in [5.41, 5.74) is 6.24. The van der Waals surface area contributed by atoms with Gasteiger partial charge in [0.15, 0.2) is 0 Å². The third-order valence-electron chi connectivity index (χ3n) is 3.20. The number of amides is 1. The number of hydrogen-bond donors (Lipinski definition) is 4. The van der Waals surface area contributed by atoms with Gasteiger partial charge in [0.2, 0.25) is 0 Å². The SMILES string of the molecule is Nc1cn[nH]c1C(=O)NCC1CCCC(O)C1. The molecule has 0 spiro atoms. The van der Waals surface area contributed by atoms with Crippen LogP contribution in [0.25, 0.3) is 0 Å². The van der Waals surface area contributed by atoms with Crippen LogP contribution in [-0.4, -0.2) is 33.9 Å². The Kier molecular flexibility index (Phi) is 3.63. The Hall–Kier alpha value is -1.56. The second-order valence-electron chi connectivity index (χ2n) is 4.60. The summed E-state index contributed by atoms with van der Waals surface area (Å²) >= 11 is 0. The number of nitrogens with two attached hydrogens (primary N) is 1. The number of nitrogen functional groups attached to an aromatic ring is 1. The maximum absolute atomic E-state index is 11.7. The van der Waals surface area contributed by atoms with Crippen molar-refractivity contribution < 1.29 is 9.90 Å². The molecule has 94 valence electrons. The predicted octanol–water partition coefficient (Wildman–Crippen LogP) is 0.273. The lowest BCUT2D eigenvalue weighted by Crippen LogP contribution is -2.33. The molecule has 0 bridgehead atoms. The zero-order valence-electron chi connectivity index (χ0n) is 9.65. The molecule has 2 rings (SSSR count). The van der Waals surface area contributed by atoms with Crippen molar-refractivity contribution in [2.24, 2.45) is 5.92 Å². The highest BCUT2D eigenvalue weighted by Crippen LogP contribution is 2.23. The normalized spacial score (nSPS) is 24.5. The maximum atomic E-state index is 11.7. The van der Waals surface area contributed by atoms with Crippen LogP contribution < -0.4 is 11.1 Å². The molecule has 0 aromatic carbocycles.